The van der Waals surface area contributed by atoms with Crippen LogP contribution in [0.25, 0.3) is 16.8 Å². The number of amides is 2. The molecule has 0 aromatic heterocycles. The number of rotatable bonds is 3. The Hall–Kier alpha value is -2.73. The lowest BCUT2D eigenvalue weighted by atomic mass is 9.99. The van der Waals surface area contributed by atoms with Gasteiger partial charge in [-0.1, -0.05) is 30.3 Å². The Labute approximate surface area is 151 Å². The Morgan fingerprint density at radius 1 is 1.04 bits per heavy atom. The highest BCUT2D eigenvalue weighted by molar-refractivity contribution is 7.80. The smallest absolute Gasteiger partial charge is 0.265 e. The highest BCUT2D eigenvalue weighted by atomic mass is 32.1. The molecule has 0 saturated carbocycles. The molecule has 0 N–H and O–H groups in total. The largest absolute Gasteiger partial charge is 0.493 e. The molecular formula is C19H18N2O3S. The summed E-state index contributed by atoms with van der Waals surface area (Å²) >= 11 is 5.13. The van der Waals surface area contributed by atoms with E-state index in [9.17, 15) is 9.59 Å². The Kier molecular flexibility index (Phi) is 4.55. The van der Waals surface area contributed by atoms with E-state index in [1.54, 1.807) is 20.2 Å². The van der Waals surface area contributed by atoms with E-state index >= 15 is 0 Å². The van der Waals surface area contributed by atoms with E-state index in [-0.39, 0.29) is 10.7 Å². The normalized spacial score (nSPS) is 15.2. The van der Waals surface area contributed by atoms with Crippen molar-refractivity contribution >= 4 is 46.0 Å². The van der Waals surface area contributed by atoms with Crippen LogP contribution in [0.4, 0.5) is 0 Å². The number of thiocarbonyl (C=S) groups is 1. The zero-order valence-corrected chi connectivity index (χ0v) is 15.1. The Bertz CT molecular complexity index is 894. The first-order chi connectivity index (χ1) is 12.0. The fraction of sp³-hybridized carbons (Fsp3) is 0.211. The minimum Gasteiger partial charge on any atom is -0.493 e. The third-order valence-corrected chi connectivity index (χ3v) is 4.71. The summed E-state index contributed by atoms with van der Waals surface area (Å²) in [6.45, 7) is 2.38. The molecule has 0 spiro atoms. The van der Waals surface area contributed by atoms with Crippen LogP contribution in [0.2, 0.25) is 0 Å². The number of ether oxygens (including phenoxy) is 1. The van der Waals surface area contributed by atoms with Crippen molar-refractivity contribution < 1.29 is 14.3 Å². The standard InChI is InChI=1S/C19H18N2O3S/c1-4-24-16-10-9-12-7-5-6-8-13(12)14(16)11-15-17(22)20(2)19(25)21(3)18(15)23/h5-11H,4H2,1-3H3. The molecule has 0 aliphatic carbocycles. The Morgan fingerprint density at radius 3 is 2.32 bits per heavy atom. The van der Waals surface area contributed by atoms with Crippen molar-refractivity contribution in [3.63, 3.8) is 0 Å². The summed E-state index contributed by atoms with van der Waals surface area (Å²) in [4.78, 5) is 27.8. The average molecular weight is 354 g/mol. The summed E-state index contributed by atoms with van der Waals surface area (Å²) in [6, 6.07) is 11.6. The summed E-state index contributed by atoms with van der Waals surface area (Å²) in [6.07, 6.45) is 1.60. The second-order valence-electron chi connectivity index (χ2n) is 5.70. The van der Waals surface area contributed by atoms with Gasteiger partial charge in [0.2, 0.25) is 0 Å². The van der Waals surface area contributed by atoms with Crippen molar-refractivity contribution in [2.24, 2.45) is 0 Å². The molecule has 128 valence electrons. The van der Waals surface area contributed by atoms with E-state index in [0.29, 0.717) is 17.9 Å². The van der Waals surface area contributed by atoms with Gasteiger partial charge < -0.3 is 4.74 Å². The molecule has 25 heavy (non-hydrogen) atoms. The number of fused-ring (bicyclic) bond motifs is 1. The van der Waals surface area contributed by atoms with Crippen LogP contribution in [0.3, 0.4) is 0 Å². The predicted molar refractivity (Wildman–Crippen MR) is 101 cm³/mol. The third kappa shape index (κ3) is 2.89. The molecule has 0 radical (unpaired) electrons. The maximum atomic E-state index is 12.6. The van der Waals surface area contributed by atoms with E-state index in [2.05, 4.69) is 0 Å². The molecule has 2 aromatic carbocycles. The Balaban J connectivity index is 2.23. The minimum absolute atomic E-state index is 0.0657. The van der Waals surface area contributed by atoms with Crippen LogP contribution < -0.4 is 4.74 Å². The maximum absolute atomic E-state index is 12.6. The summed E-state index contributed by atoms with van der Waals surface area (Å²) in [5.74, 6) is -0.195. The number of nitrogens with zero attached hydrogens (tertiary/aromatic N) is 2. The van der Waals surface area contributed by atoms with Crippen molar-refractivity contribution in [2.75, 3.05) is 20.7 Å². The first-order valence-corrected chi connectivity index (χ1v) is 8.32. The van der Waals surface area contributed by atoms with E-state index in [4.69, 9.17) is 17.0 Å². The first-order valence-electron chi connectivity index (χ1n) is 7.92. The van der Waals surface area contributed by atoms with Gasteiger partial charge in [0.05, 0.1) is 6.61 Å². The Morgan fingerprint density at radius 2 is 1.68 bits per heavy atom. The zero-order chi connectivity index (χ0) is 18.1. The van der Waals surface area contributed by atoms with E-state index < -0.39 is 11.8 Å². The number of hydrogen-bond donors (Lipinski definition) is 0. The van der Waals surface area contributed by atoms with Gasteiger partial charge in [-0.25, -0.2) is 0 Å². The molecule has 1 fully saturated rings. The fourth-order valence-electron chi connectivity index (χ4n) is 2.83. The van der Waals surface area contributed by atoms with Crippen LogP contribution in [0.5, 0.6) is 5.75 Å². The highest BCUT2D eigenvalue weighted by Gasteiger charge is 2.35. The van der Waals surface area contributed by atoms with Crippen molar-refractivity contribution in [1.29, 1.82) is 0 Å². The average Bonchev–Trinajstić information content (AvgIpc) is 2.63. The predicted octanol–water partition coefficient (Wildman–Crippen LogP) is 2.84. The van der Waals surface area contributed by atoms with Crippen molar-refractivity contribution in [2.45, 2.75) is 6.92 Å². The summed E-state index contributed by atoms with van der Waals surface area (Å²) in [5, 5.41) is 2.11. The molecule has 1 aliphatic rings. The lowest BCUT2D eigenvalue weighted by Crippen LogP contribution is -2.52. The summed E-state index contributed by atoms with van der Waals surface area (Å²) < 4.78 is 5.71. The molecule has 2 aromatic rings. The first kappa shape index (κ1) is 17.1. The van der Waals surface area contributed by atoms with Crippen LogP contribution in [0, 0.1) is 0 Å². The lowest BCUT2D eigenvalue weighted by Gasteiger charge is -2.31. The van der Waals surface area contributed by atoms with Crippen LogP contribution in [-0.4, -0.2) is 47.4 Å². The van der Waals surface area contributed by atoms with Gasteiger partial charge in [0.25, 0.3) is 11.8 Å². The molecule has 0 unspecified atom stereocenters. The minimum atomic E-state index is -0.413. The van der Waals surface area contributed by atoms with Gasteiger partial charge in [0, 0.05) is 19.7 Å². The number of hydrogen-bond acceptors (Lipinski definition) is 4. The monoisotopic (exact) mass is 354 g/mol. The molecule has 1 heterocycles. The summed E-state index contributed by atoms with van der Waals surface area (Å²) in [7, 11) is 3.13. The van der Waals surface area contributed by atoms with Gasteiger partial charge in [0.1, 0.15) is 11.3 Å². The zero-order valence-electron chi connectivity index (χ0n) is 14.3. The van der Waals surface area contributed by atoms with Crippen LogP contribution in [0.15, 0.2) is 42.0 Å². The van der Waals surface area contributed by atoms with Gasteiger partial charge in [-0.15, -0.1) is 0 Å². The molecule has 0 atom stereocenters. The molecule has 6 heteroatoms. The molecule has 2 amide bonds. The third-order valence-electron chi connectivity index (χ3n) is 4.16. The molecule has 0 bridgehead atoms. The van der Waals surface area contributed by atoms with Gasteiger partial charge >= 0.3 is 0 Å². The van der Waals surface area contributed by atoms with Gasteiger partial charge in [-0.3, -0.25) is 19.4 Å². The van der Waals surface area contributed by atoms with Crippen LogP contribution in [-0.2, 0) is 9.59 Å². The van der Waals surface area contributed by atoms with Gasteiger partial charge in [-0.2, -0.15) is 0 Å². The van der Waals surface area contributed by atoms with Crippen molar-refractivity contribution in [3.05, 3.63) is 47.5 Å². The van der Waals surface area contributed by atoms with Crippen molar-refractivity contribution in [1.82, 2.24) is 9.80 Å². The van der Waals surface area contributed by atoms with Crippen molar-refractivity contribution in [3.8, 4) is 5.75 Å². The highest BCUT2D eigenvalue weighted by Crippen LogP contribution is 2.31. The molecular weight excluding hydrogens is 336 g/mol. The number of likely N-dealkylation sites (N-methyl/N-ethyl adjacent to an activating group) is 2. The molecule has 5 nitrogen and oxygen atoms in total. The second-order valence-corrected chi connectivity index (χ2v) is 6.07. The molecule has 1 aliphatic heterocycles. The van der Waals surface area contributed by atoms with Gasteiger partial charge in [0.15, 0.2) is 5.11 Å². The number of carbonyl (C=O) groups excluding carboxylic acids is 2. The number of carbonyl (C=O) groups is 2. The van der Waals surface area contributed by atoms with E-state index in [1.165, 1.54) is 9.80 Å². The van der Waals surface area contributed by atoms with Gasteiger partial charge in [-0.05, 0) is 42.1 Å². The van der Waals surface area contributed by atoms with E-state index in [0.717, 1.165) is 10.8 Å². The topological polar surface area (TPSA) is 49.9 Å². The quantitative estimate of drug-likeness (QED) is 0.483. The number of benzene rings is 2. The SMILES string of the molecule is CCOc1ccc2ccccc2c1C=C1C(=O)N(C)C(=S)N(C)C1=O. The second kappa shape index (κ2) is 6.64. The lowest BCUT2D eigenvalue weighted by molar-refractivity contribution is -0.132. The molecule has 3 rings (SSSR count). The fourth-order valence-corrected chi connectivity index (χ4v) is 2.99. The van der Waals surface area contributed by atoms with Crippen LogP contribution in [0.1, 0.15) is 12.5 Å². The summed E-state index contributed by atoms with van der Waals surface area (Å²) in [5.41, 5.74) is 0.780. The maximum Gasteiger partial charge on any atom is 0.265 e. The van der Waals surface area contributed by atoms with Crippen LogP contribution >= 0.6 is 12.2 Å². The van der Waals surface area contributed by atoms with E-state index in [1.807, 2.05) is 43.3 Å². The molecule has 1 saturated heterocycles.